The minimum Gasteiger partial charge on any atom is -0.364 e. The Hall–Kier alpha value is -3.79. The number of primary amides is 1. The Labute approximate surface area is 218 Å². The molecule has 1 heterocycles. The summed E-state index contributed by atoms with van der Waals surface area (Å²) >= 11 is 0. The van der Waals surface area contributed by atoms with Gasteiger partial charge in [-0.05, 0) is 57.5 Å². The van der Waals surface area contributed by atoms with Gasteiger partial charge in [0.1, 0.15) is 0 Å². The van der Waals surface area contributed by atoms with Gasteiger partial charge in [0.25, 0.3) is 5.91 Å². The number of aryl methyl sites for hydroxylation is 1. The Morgan fingerprint density at radius 1 is 1.16 bits per heavy atom. The standard InChI is InChI=1S/C27H37N7O3/c1-5-21-24(19-11-12-19)32-27(25(31-21)26(28)37)30-20-9-6-8-18(16-20)13-14-29-22(35)17-34(4)23(36)10-7-15-33(2)3/h6-10,16,19H,5,11-15,17H2,1-4H3,(H2,28,37)(H,29,35)(H,30,32). The summed E-state index contributed by atoms with van der Waals surface area (Å²) in [6.45, 7) is 3.06. The van der Waals surface area contributed by atoms with Gasteiger partial charge in [0.05, 0.1) is 17.9 Å². The van der Waals surface area contributed by atoms with Gasteiger partial charge in [-0.1, -0.05) is 25.1 Å². The van der Waals surface area contributed by atoms with Crippen LogP contribution in [-0.2, 0) is 22.4 Å². The van der Waals surface area contributed by atoms with E-state index in [2.05, 4.69) is 15.6 Å². The van der Waals surface area contributed by atoms with E-state index in [0.717, 1.165) is 35.5 Å². The van der Waals surface area contributed by atoms with Crippen molar-refractivity contribution in [3.8, 4) is 0 Å². The molecule has 1 saturated carbocycles. The molecule has 0 radical (unpaired) electrons. The second-order valence-corrected chi connectivity index (χ2v) is 9.53. The number of amides is 3. The van der Waals surface area contributed by atoms with E-state index in [9.17, 15) is 14.4 Å². The topological polar surface area (TPSA) is 134 Å². The minimum absolute atomic E-state index is 0.0155. The zero-order valence-corrected chi connectivity index (χ0v) is 22.1. The largest absolute Gasteiger partial charge is 0.364 e. The number of anilines is 2. The maximum Gasteiger partial charge on any atom is 0.271 e. The van der Waals surface area contributed by atoms with Crippen LogP contribution in [0, 0.1) is 0 Å². The first-order valence-electron chi connectivity index (χ1n) is 12.6. The zero-order valence-electron chi connectivity index (χ0n) is 22.1. The number of carbonyl (C=O) groups is 3. The maximum atomic E-state index is 12.3. The lowest BCUT2D eigenvalue weighted by Crippen LogP contribution is -2.38. The predicted octanol–water partition coefficient (Wildman–Crippen LogP) is 1.99. The molecule has 3 rings (SSSR count). The molecule has 37 heavy (non-hydrogen) atoms. The average molecular weight is 508 g/mol. The van der Waals surface area contributed by atoms with E-state index in [1.54, 1.807) is 13.1 Å². The molecule has 0 atom stereocenters. The number of carbonyl (C=O) groups excluding carboxylic acids is 3. The molecule has 1 aromatic heterocycles. The molecule has 4 N–H and O–H groups in total. The summed E-state index contributed by atoms with van der Waals surface area (Å²) in [5.41, 5.74) is 9.23. The number of nitrogens with one attached hydrogen (secondary N) is 2. The predicted molar refractivity (Wildman–Crippen MR) is 144 cm³/mol. The van der Waals surface area contributed by atoms with Crippen molar-refractivity contribution in [2.45, 2.75) is 38.5 Å². The van der Waals surface area contributed by atoms with Gasteiger partial charge in [0, 0.05) is 37.8 Å². The summed E-state index contributed by atoms with van der Waals surface area (Å²) in [4.78, 5) is 49.0. The molecule has 0 unspecified atom stereocenters. The zero-order chi connectivity index (χ0) is 26.9. The number of nitrogens with zero attached hydrogens (tertiary/aromatic N) is 4. The number of nitrogens with two attached hydrogens (primary N) is 1. The van der Waals surface area contributed by atoms with Crippen molar-refractivity contribution in [2.75, 3.05) is 46.1 Å². The van der Waals surface area contributed by atoms with Crippen molar-refractivity contribution < 1.29 is 14.4 Å². The number of benzene rings is 1. The van der Waals surface area contributed by atoms with Crippen LogP contribution in [0.2, 0.25) is 0 Å². The molecule has 1 fully saturated rings. The van der Waals surface area contributed by atoms with E-state index in [0.29, 0.717) is 37.7 Å². The lowest BCUT2D eigenvalue weighted by Gasteiger charge is -2.15. The molecule has 10 nitrogen and oxygen atoms in total. The average Bonchev–Trinajstić information content (AvgIpc) is 3.69. The van der Waals surface area contributed by atoms with E-state index in [-0.39, 0.29) is 24.1 Å². The smallest absolute Gasteiger partial charge is 0.271 e. The van der Waals surface area contributed by atoms with E-state index in [4.69, 9.17) is 10.7 Å². The third-order valence-corrected chi connectivity index (χ3v) is 5.94. The van der Waals surface area contributed by atoms with Gasteiger partial charge < -0.3 is 26.2 Å². The molecule has 1 aliphatic carbocycles. The molecule has 0 bridgehead atoms. The van der Waals surface area contributed by atoms with Gasteiger partial charge in [-0.15, -0.1) is 0 Å². The Balaban J connectivity index is 1.57. The van der Waals surface area contributed by atoms with E-state index in [1.807, 2.05) is 50.2 Å². The van der Waals surface area contributed by atoms with Gasteiger partial charge in [0.15, 0.2) is 11.5 Å². The second kappa shape index (κ2) is 13.0. The number of likely N-dealkylation sites (N-methyl/N-ethyl adjacent to an activating group) is 2. The van der Waals surface area contributed by atoms with E-state index in [1.165, 1.54) is 11.0 Å². The third kappa shape index (κ3) is 8.38. The second-order valence-electron chi connectivity index (χ2n) is 9.53. The summed E-state index contributed by atoms with van der Waals surface area (Å²) in [6.07, 6.45) is 6.68. The summed E-state index contributed by atoms with van der Waals surface area (Å²) in [7, 11) is 5.43. The quantitative estimate of drug-likeness (QED) is 0.353. The number of aromatic nitrogens is 2. The Bertz CT molecular complexity index is 1160. The minimum atomic E-state index is -0.623. The molecule has 0 spiro atoms. The molecule has 0 saturated heterocycles. The molecular formula is C27H37N7O3. The van der Waals surface area contributed by atoms with Gasteiger partial charge in [0.2, 0.25) is 11.8 Å². The first-order chi connectivity index (χ1) is 17.7. The number of hydrogen-bond donors (Lipinski definition) is 3. The highest BCUT2D eigenvalue weighted by Gasteiger charge is 2.30. The maximum absolute atomic E-state index is 12.3. The highest BCUT2D eigenvalue weighted by molar-refractivity contribution is 5.96. The van der Waals surface area contributed by atoms with E-state index < -0.39 is 5.91 Å². The summed E-state index contributed by atoms with van der Waals surface area (Å²) in [5, 5.41) is 6.07. The number of rotatable bonds is 13. The normalized spacial score (nSPS) is 13.1. The van der Waals surface area contributed by atoms with Crippen LogP contribution in [0.3, 0.4) is 0 Å². The highest BCUT2D eigenvalue weighted by Crippen LogP contribution is 2.41. The molecule has 2 aromatic rings. The van der Waals surface area contributed by atoms with Crippen molar-refractivity contribution >= 4 is 29.2 Å². The van der Waals surface area contributed by atoms with Crippen LogP contribution in [0.4, 0.5) is 11.5 Å². The van der Waals surface area contributed by atoms with Crippen LogP contribution in [0.5, 0.6) is 0 Å². The van der Waals surface area contributed by atoms with Crippen molar-refractivity contribution in [2.24, 2.45) is 5.73 Å². The van der Waals surface area contributed by atoms with Crippen molar-refractivity contribution in [3.63, 3.8) is 0 Å². The third-order valence-electron chi connectivity index (χ3n) is 5.94. The molecule has 3 amide bonds. The fraction of sp³-hybridized carbons (Fsp3) is 0.444. The van der Waals surface area contributed by atoms with Crippen LogP contribution >= 0.6 is 0 Å². The molecule has 1 aromatic carbocycles. The molecule has 1 aliphatic rings. The summed E-state index contributed by atoms with van der Waals surface area (Å²) in [6, 6.07) is 7.67. The van der Waals surface area contributed by atoms with Crippen LogP contribution in [0.25, 0.3) is 0 Å². The Morgan fingerprint density at radius 3 is 2.57 bits per heavy atom. The van der Waals surface area contributed by atoms with Crippen LogP contribution < -0.4 is 16.4 Å². The van der Waals surface area contributed by atoms with Gasteiger partial charge in [-0.2, -0.15) is 0 Å². The number of hydrogen-bond acceptors (Lipinski definition) is 7. The van der Waals surface area contributed by atoms with Crippen LogP contribution in [0.1, 0.15) is 53.1 Å². The van der Waals surface area contributed by atoms with Crippen molar-refractivity contribution in [1.82, 2.24) is 25.1 Å². The first-order valence-corrected chi connectivity index (χ1v) is 12.6. The summed E-state index contributed by atoms with van der Waals surface area (Å²) in [5.74, 6) is -0.308. The molecule has 198 valence electrons. The monoisotopic (exact) mass is 507 g/mol. The Kier molecular flexibility index (Phi) is 9.73. The fourth-order valence-corrected chi connectivity index (χ4v) is 3.81. The Morgan fingerprint density at radius 2 is 1.92 bits per heavy atom. The molecule has 10 heteroatoms. The van der Waals surface area contributed by atoms with Crippen molar-refractivity contribution in [1.29, 1.82) is 0 Å². The lowest BCUT2D eigenvalue weighted by molar-refractivity contribution is -0.131. The van der Waals surface area contributed by atoms with Gasteiger partial charge in [-0.25, -0.2) is 9.97 Å². The first kappa shape index (κ1) is 27.8. The molecule has 0 aliphatic heterocycles. The van der Waals surface area contributed by atoms with Gasteiger partial charge >= 0.3 is 0 Å². The molecular weight excluding hydrogens is 470 g/mol. The van der Waals surface area contributed by atoms with Crippen LogP contribution in [0.15, 0.2) is 36.4 Å². The van der Waals surface area contributed by atoms with Crippen molar-refractivity contribution in [3.05, 3.63) is 59.1 Å². The highest BCUT2D eigenvalue weighted by atomic mass is 16.2. The fourth-order valence-electron chi connectivity index (χ4n) is 3.81. The van der Waals surface area contributed by atoms with Crippen LogP contribution in [-0.4, -0.2) is 78.3 Å². The SMILES string of the molecule is CCc1nc(C(N)=O)c(Nc2cccc(CCNC(=O)CN(C)C(=O)C=CCN(C)C)c2)nc1C1CC1. The summed E-state index contributed by atoms with van der Waals surface area (Å²) < 4.78 is 0. The van der Waals surface area contributed by atoms with E-state index >= 15 is 0 Å². The van der Waals surface area contributed by atoms with Gasteiger partial charge in [-0.3, -0.25) is 14.4 Å². The lowest BCUT2D eigenvalue weighted by atomic mass is 10.1.